The van der Waals surface area contributed by atoms with Crippen molar-refractivity contribution < 1.29 is 24.7 Å². The molecular weight excluding hydrogens is 334 g/mol. The molecular formula is C20H19NO5. The number of methoxy groups -OCH3 is 1. The van der Waals surface area contributed by atoms with Gasteiger partial charge in [0, 0.05) is 0 Å². The molecule has 0 spiro atoms. The summed E-state index contributed by atoms with van der Waals surface area (Å²) in [5, 5.41) is 19.9. The molecule has 3 aromatic rings. The van der Waals surface area contributed by atoms with Gasteiger partial charge in [-0.3, -0.25) is 15.2 Å². The zero-order chi connectivity index (χ0) is 18.7. The molecule has 0 unspecified atom stereocenters. The van der Waals surface area contributed by atoms with E-state index in [-0.39, 0.29) is 10.9 Å². The van der Waals surface area contributed by atoms with Crippen LogP contribution < -0.4 is 14.7 Å². The summed E-state index contributed by atoms with van der Waals surface area (Å²) in [6.07, 6.45) is 0. The summed E-state index contributed by atoms with van der Waals surface area (Å²) in [6, 6.07) is 17.4. The highest BCUT2D eigenvalue weighted by Crippen LogP contribution is 2.26. The van der Waals surface area contributed by atoms with E-state index in [9.17, 15) is 4.79 Å². The van der Waals surface area contributed by atoms with Crippen LogP contribution in [0.1, 0.15) is 18.4 Å². The fourth-order valence-corrected chi connectivity index (χ4v) is 2.63. The summed E-state index contributed by atoms with van der Waals surface area (Å²) in [4.78, 5) is 12.4. The van der Waals surface area contributed by atoms with Crippen molar-refractivity contribution in [2.24, 2.45) is 0 Å². The first kappa shape index (κ1) is 17.7. The number of rotatable bonds is 5. The van der Waals surface area contributed by atoms with E-state index < -0.39 is 11.9 Å². The lowest BCUT2D eigenvalue weighted by Gasteiger charge is -2.13. The molecule has 0 bridgehead atoms. The van der Waals surface area contributed by atoms with Gasteiger partial charge >= 0.3 is 5.97 Å². The first-order chi connectivity index (χ1) is 12.5. The van der Waals surface area contributed by atoms with Crippen LogP contribution in [0.15, 0.2) is 60.7 Å². The number of hydrogen-bond donors (Lipinski definition) is 2. The summed E-state index contributed by atoms with van der Waals surface area (Å²) in [6.45, 7) is 1.78. The van der Waals surface area contributed by atoms with Crippen LogP contribution in [-0.2, 0) is 4.79 Å². The Balaban J connectivity index is 1.76. The number of ether oxygens (including phenoxy) is 2. The molecule has 0 fully saturated rings. The second-order valence-electron chi connectivity index (χ2n) is 5.90. The van der Waals surface area contributed by atoms with Crippen LogP contribution in [0.2, 0.25) is 0 Å². The Labute approximate surface area is 150 Å². The van der Waals surface area contributed by atoms with Crippen molar-refractivity contribution >= 4 is 22.4 Å². The second-order valence-corrected chi connectivity index (χ2v) is 5.90. The summed E-state index contributed by atoms with van der Waals surface area (Å²) < 4.78 is 10.6. The summed E-state index contributed by atoms with van der Waals surface area (Å²) in [5.74, 6) is 0.271. The number of carbonyl (C=O) groups is 1. The molecule has 134 valence electrons. The number of nitrogens with zero attached hydrogens (tertiary/aromatic N) is 1. The van der Waals surface area contributed by atoms with Gasteiger partial charge < -0.3 is 9.47 Å². The highest BCUT2D eigenvalue weighted by atomic mass is 16.8. The van der Waals surface area contributed by atoms with Crippen LogP contribution in [0.25, 0.3) is 10.8 Å². The lowest BCUT2D eigenvalue weighted by Crippen LogP contribution is -2.16. The number of benzene rings is 3. The Hall–Kier alpha value is -3.09. The van der Waals surface area contributed by atoms with Gasteiger partial charge in [-0.05, 0) is 59.7 Å². The predicted molar refractivity (Wildman–Crippen MR) is 97.0 cm³/mol. The zero-order valence-corrected chi connectivity index (χ0v) is 14.4. The first-order valence-corrected chi connectivity index (χ1v) is 8.05. The van der Waals surface area contributed by atoms with Crippen LogP contribution in [0, 0.1) is 0 Å². The molecule has 3 rings (SSSR count). The van der Waals surface area contributed by atoms with Gasteiger partial charge in [-0.15, -0.1) is 5.23 Å². The molecule has 0 radical (unpaired) electrons. The minimum absolute atomic E-state index is 0.00169. The highest BCUT2D eigenvalue weighted by molar-refractivity contribution is 5.87. The molecule has 0 aromatic heterocycles. The molecule has 0 amide bonds. The van der Waals surface area contributed by atoms with E-state index in [0.717, 1.165) is 22.1 Å². The van der Waals surface area contributed by atoms with Gasteiger partial charge in [-0.1, -0.05) is 24.3 Å². The number of carbonyl (C=O) groups excluding carboxylic acids is 1. The minimum Gasteiger partial charge on any atom is -0.497 e. The maximum Gasteiger partial charge on any atom is 0.318 e. The van der Waals surface area contributed by atoms with Crippen LogP contribution >= 0.6 is 0 Å². The van der Waals surface area contributed by atoms with Crippen molar-refractivity contribution in [3.8, 4) is 11.5 Å². The van der Waals surface area contributed by atoms with E-state index in [4.69, 9.17) is 19.9 Å². The average molecular weight is 353 g/mol. The molecule has 0 aliphatic heterocycles. The Morgan fingerprint density at radius 2 is 1.54 bits per heavy atom. The van der Waals surface area contributed by atoms with Gasteiger partial charge in [0.05, 0.1) is 18.7 Å². The van der Waals surface area contributed by atoms with Crippen molar-refractivity contribution in [3.63, 3.8) is 0 Å². The van der Waals surface area contributed by atoms with E-state index in [1.807, 2.05) is 36.4 Å². The molecule has 0 aliphatic carbocycles. The van der Waals surface area contributed by atoms with E-state index in [1.165, 1.54) is 24.3 Å². The maximum atomic E-state index is 12.4. The average Bonchev–Trinajstić information content (AvgIpc) is 2.66. The molecule has 2 N–H and O–H groups in total. The van der Waals surface area contributed by atoms with E-state index >= 15 is 0 Å². The van der Waals surface area contributed by atoms with Crippen LogP contribution in [-0.4, -0.2) is 23.5 Å². The highest BCUT2D eigenvalue weighted by Gasteiger charge is 2.18. The fourth-order valence-electron chi connectivity index (χ4n) is 2.63. The molecule has 3 aromatic carbocycles. The van der Waals surface area contributed by atoms with Gasteiger partial charge in [-0.2, -0.15) is 0 Å². The molecule has 6 nitrogen and oxygen atoms in total. The summed E-state index contributed by atoms with van der Waals surface area (Å²) >= 11 is 0. The monoisotopic (exact) mass is 353 g/mol. The largest absolute Gasteiger partial charge is 0.497 e. The Morgan fingerprint density at radius 3 is 2.19 bits per heavy atom. The topological polar surface area (TPSA) is 79.2 Å². The summed E-state index contributed by atoms with van der Waals surface area (Å²) in [7, 11) is 1.62. The molecule has 1 atom stereocenters. The van der Waals surface area contributed by atoms with Gasteiger partial charge in [0.1, 0.15) is 11.5 Å². The van der Waals surface area contributed by atoms with Crippen molar-refractivity contribution in [1.82, 2.24) is 0 Å². The van der Waals surface area contributed by atoms with Crippen LogP contribution in [0.3, 0.4) is 0 Å². The van der Waals surface area contributed by atoms with E-state index in [2.05, 4.69) is 0 Å². The molecule has 0 saturated heterocycles. The van der Waals surface area contributed by atoms with Crippen molar-refractivity contribution in [2.45, 2.75) is 12.8 Å². The second kappa shape index (κ2) is 7.43. The Bertz CT molecular complexity index is 921. The van der Waals surface area contributed by atoms with Crippen molar-refractivity contribution in [3.05, 3.63) is 66.2 Å². The van der Waals surface area contributed by atoms with Gasteiger partial charge in [0.15, 0.2) is 0 Å². The van der Waals surface area contributed by atoms with Gasteiger partial charge in [-0.25, -0.2) is 0 Å². The minimum atomic E-state index is -0.451. The standard InChI is InChI=1S/C20H19NO5/c1-13(20(22)26-18-9-6-17(7-10-18)21(23)24)14-3-4-16-12-19(25-2)8-5-15(16)11-14/h3-13,23-24H,1-2H3/t13-/m0/s1. The quantitative estimate of drug-likeness (QED) is 0.408. The lowest BCUT2D eigenvalue weighted by molar-refractivity contribution is -0.135. The normalized spacial score (nSPS) is 11.8. The lowest BCUT2D eigenvalue weighted by atomic mass is 9.98. The zero-order valence-electron chi connectivity index (χ0n) is 14.4. The molecule has 0 aliphatic rings. The third-order valence-corrected chi connectivity index (χ3v) is 4.21. The van der Waals surface area contributed by atoms with Crippen LogP contribution in [0.5, 0.6) is 11.5 Å². The SMILES string of the molecule is COc1ccc2cc([C@H](C)C(=O)Oc3ccc(N(O)O)cc3)ccc2c1. The fraction of sp³-hybridized carbons (Fsp3) is 0.150. The van der Waals surface area contributed by atoms with E-state index in [0.29, 0.717) is 5.75 Å². The number of fused-ring (bicyclic) bond motifs is 1. The number of esters is 1. The Morgan fingerprint density at radius 1 is 0.923 bits per heavy atom. The third kappa shape index (κ3) is 3.77. The number of anilines is 1. The van der Waals surface area contributed by atoms with Crippen molar-refractivity contribution in [1.29, 1.82) is 0 Å². The van der Waals surface area contributed by atoms with Gasteiger partial charge in [0.25, 0.3) is 0 Å². The Kier molecular flexibility index (Phi) is 5.06. The van der Waals surface area contributed by atoms with Crippen LogP contribution in [0.4, 0.5) is 5.69 Å². The third-order valence-electron chi connectivity index (χ3n) is 4.21. The smallest absolute Gasteiger partial charge is 0.318 e. The van der Waals surface area contributed by atoms with Crippen molar-refractivity contribution in [2.75, 3.05) is 12.3 Å². The first-order valence-electron chi connectivity index (χ1n) is 8.05. The number of hydrogen-bond acceptors (Lipinski definition) is 6. The molecule has 6 heteroatoms. The predicted octanol–water partition coefficient (Wildman–Crippen LogP) is 4.14. The van der Waals surface area contributed by atoms with E-state index in [1.54, 1.807) is 14.0 Å². The maximum absolute atomic E-state index is 12.4. The molecule has 0 heterocycles. The molecule has 0 saturated carbocycles. The van der Waals surface area contributed by atoms with Gasteiger partial charge in [0.2, 0.25) is 0 Å². The molecule has 26 heavy (non-hydrogen) atoms. The summed E-state index contributed by atoms with van der Waals surface area (Å²) in [5.41, 5.74) is 1.02.